The van der Waals surface area contributed by atoms with Crippen LogP contribution in [-0.2, 0) is 11.3 Å². The summed E-state index contributed by atoms with van der Waals surface area (Å²) >= 11 is 0. The van der Waals surface area contributed by atoms with Gasteiger partial charge in [0, 0.05) is 5.56 Å². The van der Waals surface area contributed by atoms with Crippen LogP contribution in [0.1, 0.15) is 15.9 Å². The molecule has 4 aromatic rings. The van der Waals surface area contributed by atoms with Gasteiger partial charge in [0.25, 0.3) is 5.56 Å². The van der Waals surface area contributed by atoms with E-state index in [0.29, 0.717) is 28.8 Å². The maximum absolute atomic E-state index is 13.4. The number of aromatic nitrogens is 2. The molecule has 0 N–H and O–H groups in total. The second kappa shape index (κ2) is 8.21. The molecule has 1 aromatic heterocycles. The summed E-state index contributed by atoms with van der Waals surface area (Å²) < 4.78 is 11.7. The van der Waals surface area contributed by atoms with Crippen molar-refractivity contribution < 1.29 is 14.3 Å². The molecule has 0 fully saturated rings. The van der Waals surface area contributed by atoms with E-state index in [1.54, 1.807) is 29.9 Å². The second-order valence-electron chi connectivity index (χ2n) is 6.76. The molecule has 0 unspecified atom stereocenters. The number of rotatable bonds is 5. The molecule has 0 aliphatic heterocycles. The number of hydrogen-bond donors (Lipinski definition) is 0. The number of methoxy groups -OCH3 is 2. The molecule has 0 aliphatic rings. The van der Waals surface area contributed by atoms with Crippen molar-refractivity contribution in [2.45, 2.75) is 6.54 Å². The van der Waals surface area contributed by atoms with Crippen molar-refractivity contribution in [2.24, 2.45) is 0 Å². The third-order valence-electron chi connectivity index (χ3n) is 4.91. The van der Waals surface area contributed by atoms with E-state index in [4.69, 9.17) is 9.47 Å². The van der Waals surface area contributed by atoms with Crippen LogP contribution in [0, 0.1) is 0 Å². The number of nitrogens with zero attached hydrogens (tertiary/aromatic N) is 2. The average molecular weight is 400 g/mol. The molecule has 30 heavy (non-hydrogen) atoms. The fraction of sp³-hybridized carbons (Fsp3) is 0.125. The van der Waals surface area contributed by atoms with Crippen molar-refractivity contribution in [1.82, 2.24) is 9.55 Å². The Morgan fingerprint density at radius 1 is 0.967 bits per heavy atom. The molecule has 6 heteroatoms. The fourth-order valence-corrected chi connectivity index (χ4v) is 3.35. The van der Waals surface area contributed by atoms with Crippen molar-refractivity contribution in [3.63, 3.8) is 0 Å². The summed E-state index contributed by atoms with van der Waals surface area (Å²) in [4.78, 5) is 29.9. The highest BCUT2D eigenvalue weighted by Crippen LogP contribution is 2.21. The molecule has 1 heterocycles. The van der Waals surface area contributed by atoms with Gasteiger partial charge < -0.3 is 14.0 Å². The van der Waals surface area contributed by atoms with Crippen LogP contribution in [0.2, 0.25) is 0 Å². The van der Waals surface area contributed by atoms with Gasteiger partial charge in [0.05, 0.1) is 37.4 Å². The maximum atomic E-state index is 13.4. The lowest BCUT2D eigenvalue weighted by molar-refractivity contribution is 0.0601. The largest absolute Gasteiger partial charge is 0.497 e. The number of benzene rings is 3. The normalized spacial score (nSPS) is 10.7. The second-order valence-corrected chi connectivity index (χ2v) is 6.76. The summed E-state index contributed by atoms with van der Waals surface area (Å²) in [6, 6.07) is 21.9. The molecular weight excluding hydrogens is 380 g/mol. The molecule has 150 valence electrons. The van der Waals surface area contributed by atoms with Gasteiger partial charge in [0.2, 0.25) is 0 Å². The first kappa shape index (κ1) is 19.4. The van der Waals surface area contributed by atoms with Crippen LogP contribution in [-0.4, -0.2) is 29.7 Å². The summed E-state index contributed by atoms with van der Waals surface area (Å²) in [6.45, 7) is 0.360. The molecule has 0 saturated heterocycles. The minimum absolute atomic E-state index is 0.199. The summed E-state index contributed by atoms with van der Waals surface area (Å²) in [5, 5.41) is 0. The van der Waals surface area contributed by atoms with Gasteiger partial charge in [-0.15, -0.1) is 0 Å². The van der Waals surface area contributed by atoms with Gasteiger partial charge in [0.1, 0.15) is 11.4 Å². The van der Waals surface area contributed by atoms with Crippen LogP contribution in [0.4, 0.5) is 0 Å². The van der Waals surface area contributed by atoms with Crippen LogP contribution in [0.25, 0.3) is 22.3 Å². The van der Waals surface area contributed by atoms with E-state index in [1.165, 1.54) is 7.11 Å². The van der Waals surface area contributed by atoms with Gasteiger partial charge in [-0.3, -0.25) is 4.79 Å². The molecule has 4 rings (SSSR count). The average Bonchev–Trinajstić information content (AvgIpc) is 2.80. The summed E-state index contributed by atoms with van der Waals surface area (Å²) in [7, 11) is 2.95. The quantitative estimate of drug-likeness (QED) is 0.475. The Bertz CT molecular complexity index is 1260. The molecule has 3 aromatic carbocycles. The number of carbonyl (C=O) groups is 1. The third-order valence-corrected chi connectivity index (χ3v) is 4.91. The molecule has 6 nitrogen and oxygen atoms in total. The summed E-state index contributed by atoms with van der Waals surface area (Å²) in [5.74, 6) is 0.297. The Kier molecular flexibility index (Phi) is 5.30. The van der Waals surface area contributed by atoms with Crippen molar-refractivity contribution in [3.8, 4) is 17.0 Å². The van der Waals surface area contributed by atoms with Crippen molar-refractivity contribution in [1.29, 1.82) is 0 Å². The maximum Gasteiger partial charge on any atom is 0.337 e. The third kappa shape index (κ3) is 3.67. The van der Waals surface area contributed by atoms with Crippen molar-refractivity contribution >= 4 is 17.0 Å². The summed E-state index contributed by atoms with van der Waals surface area (Å²) in [5.41, 5.74) is 3.37. The monoisotopic (exact) mass is 400 g/mol. The first-order chi connectivity index (χ1) is 14.6. The van der Waals surface area contributed by atoms with E-state index >= 15 is 0 Å². The number of carbonyl (C=O) groups excluding carboxylic acids is 1. The van der Waals surface area contributed by atoms with Crippen LogP contribution < -0.4 is 10.3 Å². The predicted molar refractivity (Wildman–Crippen MR) is 115 cm³/mol. The molecule has 0 amide bonds. The predicted octanol–water partition coefficient (Wildman–Crippen LogP) is 3.91. The molecule has 0 aliphatic carbocycles. The Labute approximate surface area is 173 Å². The number of esters is 1. The zero-order valence-corrected chi connectivity index (χ0v) is 16.7. The van der Waals surface area contributed by atoms with E-state index in [-0.39, 0.29) is 5.56 Å². The van der Waals surface area contributed by atoms with Crippen LogP contribution in [0.3, 0.4) is 0 Å². The van der Waals surface area contributed by atoms with Gasteiger partial charge >= 0.3 is 5.97 Å². The zero-order chi connectivity index (χ0) is 21.1. The molecule has 0 radical (unpaired) electrons. The molecule has 0 atom stereocenters. The van der Waals surface area contributed by atoms with E-state index in [1.807, 2.05) is 54.6 Å². The number of fused-ring (bicyclic) bond motifs is 1. The fourth-order valence-electron chi connectivity index (χ4n) is 3.35. The number of hydrogen-bond acceptors (Lipinski definition) is 5. The minimum atomic E-state index is -0.451. The lowest BCUT2D eigenvalue weighted by Crippen LogP contribution is -2.24. The first-order valence-electron chi connectivity index (χ1n) is 9.42. The first-order valence-corrected chi connectivity index (χ1v) is 9.42. The number of ether oxygens (including phenoxy) is 2. The van der Waals surface area contributed by atoms with E-state index in [2.05, 4.69) is 4.98 Å². The van der Waals surface area contributed by atoms with Crippen LogP contribution in [0.5, 0.6) is 5.75 Å². The SMILES string of the molecule is COC(=O)c1ccc2c(c1)nc(-c1ccccc1)c(=O)n2Cc1ccc(OC)cc1. The lowest BCUT2D eigenvalue weighted by atomic mass is 10.1. The lowest BCUT2D eigenvalue weighted by Gasteiger charge is -2.14. The van der Waals surface area contributed by atoms with Gasteiger partial charge in [-0.05, 0) is 35.9 Å². The molecular formula is C24H20N2O4. The highest BCUT2D eigenvalue weighted by Gasteiger charge is 2.15. The van der Waals surface area contributed by atoms with E-state index < -0.39 is 5.97 Å². The topological polar surface area (TPSA) is 70.4 Å². The Morgan fingerprint density at radius 3 is 2.37 bits per heavy atom. The van der Waals surface area contributed by atoms with Crippen LogP contribution >= 0.6 is 0 Å². The van der Waals surface area contributed by atoms with Crippen molar-refractivity contribution in [2.75, 3.05) is 14.2 Å². The Morgan fingerprint density at radius 2 is 1.70 bits per heavy atom. The van der Waals surface area contributed by atoms with E-state index in [9.17, 15) is 9.59 Å². The molecule has 0 saturated carbocycles. The molecule has 0 bridgehead atoms. The Hall–Kier alpha value is -3.93. The highest BCUT2D eigenvalue weighted by molar-refractivity contribution is 5.93. The van der Waals surface area contributed by atoms with Crippen molar-refractivity contribution in [3.05, 3.63) is 94.3 Å². The summed E-state index contributed by atoms with van der Waals surface area (Å²) in [6.07, 6.45) is 0. The van der Waals surface area contributed by atoms with Gasteiger partial charge in [-0.25, -0.2) is 9.78 Å². The zero-order valence-electron chi connectivity index (χ0n) is 16.7. The molecule has 0 spiro atoms. The van der Waals surface area contributed by atoms with E-state index in [0.717, 1.165) is 16.9 Å². The standard InChI is InChI=1S/C24H20N2O4/c1-29-19-11-8-16(9-12-19)15-26-21-13-10-18(24(28)30-2)14-20(21)25-22(23(26)27)17-6-4-3-5-7-17/h3-14H,15H2,1-2H3. The van der Waals surface area contributed by atoms with Gasteiger partial charge in [-0.2, -0.15) is 0 Å². The van der Waals surface area contributed by atoms with Gasteiger partial charge in [-0.1, -0.05) is 42.5 Å². The Balaban J connectivity index is 1.92. The highest BCUT2D eigenvalue weighted by atomic mass is 16.5. The van der Waals surface area contributed by atoms with Crippen LogP contribution in [0.15, 0.2) is 77.6 Å². The van der Waals surface area contributed by atoms with Gasteiger partial charge in [0.15, 0.2) is 0 Å². The minimum Gasteiger partial charge on any atom is -0.497 e. The smallest absolute Gasteiger partial charge is 0.337 e.